The Bertz CT molecular complexity index is 1140. The molecule has 0 aliphatic carbocycles. The fraction of sp³-hybridized carbons (Fsp3) is 0.381. The van der Waals surface area contributed by atoms with E-state index in [4.69, 9.17) is 4.42 Å². The number of nitrogens with zero attached hydrogens (tertiary/aromatic N) is 1. The smallest absolute Gasteiger partial charge is 0.408 e. The van der Waals surface area contributed by atoms with Crippen LogP contribution in [0.3, 0.4) is 0 Å². The largest absolute Gasteiger partial charge is 0.417 e. The van der Waals surface area contributed by atoms with Gasteiger partial charge in [-0.1, -0.05) is 12.1 Å². The van der Waals surface area contributed by atoms with Crippen LogP contribution in [0.1, 0.15) is 18.4 Å². The van der Waals surface area contributed by atoms with Crippen molar-refractivity contribution in [3.05, 3.63) is 64.4 Å². The van der Waals surface area contributed by atoms with Gasteiger partial charge in [0.2, 0.25) is 0 Å². The second kappa shape index (κ2) is 8.12. The van der Waals surface area contributed by atoms with Crippen molar-refractivity contribution in [3.8, 4) is 0 Å². The number of piperidine rings is 1. The van der Waals surface area contributed by atoms with Crippen molar-refractivity contribution >= 4 is 20.9 Å². The van der Waals surface area contributed by atoms with E-state index in [1.165, 1.54) is 24.3 Å². The van der Waals surface area contributed by atoms with Crippen LogP contribution >= 0.6 is 0 Å². The number of nitrogens with one attached hydrogen (secondary N) is 1. The predicted molar refractivity (Wildman–Crippen MR) is 108 cm³/mol. The van der Waals surface area contributed by atoms with Crippen molar-refractivity contribution in [2.45, 2.75) is 24.2 Å². The van der Waals surface area contributed by atoms with Crippen molar-refractivity contribution in [2.24, 2.45) is 5.92 Å². The zero-order chi connectivity index (χ0) is 20.4. The van der Waals surface area contributed by atoms with Crippen molar-refractivity contribution < 1.29 is 17.2 Å². The molecule has 1 aromatic heterocycles. The predicted octanol–water partition coefficient (Wildman–Crippen LogP) is 2.99. The van der Waals surface area contributed by atoms with E-state index >= 15 is 0 Å². The molecule has 0 atom stereocenters. The number of aromatic nitrogens is 1. The van der Waals surface area contributed by atoms with E-state index in [2.05, 4.69) is 9.88 Å². The second-order valence-corrected chi connectivity index (χ2v) is 9.72. The Morgan fingerprint density at radius 3 is 2.55 bits per heavy atom. The van der Waals surface area contributed by atoms with E-state index in [-0.39, 0.29) is 22.0 Å². The van der Waals surface area contributed by atoms with Gasteiger partial charge in [0.05, 0.1) is 16.2 Å². The van der Waals surface area contributed by atoms with E-state index in [9.17, 15) is 17.6 Å². The maximum atomic E-state index is 13.0. The summed E-state index contributed by atoms with van der Waals surface area (Å²) in [6.07, 6.45) is 2.92. The topological polar surface area (TPSA) is 83.4 Å². The van der Waals surface area contributed by atoms with Gasteiger partial charge in [0.15, 0.2) is 15.4 Å². The van der Waals surface area contributed by atoms with Crippen LogP contribution in [0.2, 0.25) is 0 Å². The minimum Gasteiger partial charge on any atom is -0.408 e. The number of oxazole rings is 1. The third-order valence-corrected chi connectivity index (χ3v) is 7.26. The van der Waals surface area contributed by atoms with Crippen molar-refractivity contribution in [3.63, 3.8) is 0 Å². The first kappa shape index (κ1) is 19.8. The van der Waals surface area contributed by atoms with Gasteiger partial charge in [-0.05, 0) is 68.1 Å². The van der Waals surface area contributed by atoms with Crippen LogP contribution in [0.4, 0.5) is 4.39 Å². The molecule has 1 aliphatic rings. The second-order valence-electron chi connectivity index (χ2n) is 7.61. The quantitative estimate of drug-likeness (QED) is 0.665. The van der Waals surface area contributed by atoms with Crippen molar-refractivity contribution in [1.29, 1.82) is 0 Å². The molecule has 1 N–H and O–H groups in total. The number of halogens is 1. The molecule has 0 spiro atoms. The first-order chi connectivity index (χ1) is 13.9. The maximum absolute atomic E-state index is 13.0. The van der Waals surface area contributed by atoms with Gasteiger partial charge in [-0.15, -0.1) is 0 Å². The van der Waals surface area contributed by atoms with Gasteiger partial charge in [-0.3, -0.25) is 4.98 Å². The van der Waals surface area contributed by atoms with Crippen LogP contribution in [0, 0.1) is 11.7 Å². The molecular weight excluding hydrogens is 395 g/mol. The Hall–Kier alpha value is -2.45. The number of H-pyrrole nitrogens is 1. The van der Waals surface area contributed by atoms with Gasteiger partial charge in [0.25, 0.3) is 0 Å². The molecule has 1 fully saturated rings. The Morgan fingerprint density at radius 2 is 1.83 bits per heavy atom. The number of aromatic amines is 1. The lowest BCUT2D eigenvalue weighted by Gasteiger charge is -2.31. The molecule has 0 saturated carbocycles. The van der Waals surface area contributed by atoms with Crippen LogP contribution in [0.5, 0.6) is 0 Å². The van der Waals surface area contributed by atoms with E-state index in [1.54, 1.807) is 6.07 Å². The maximum Gasteiger partial charge on any atom is 0.417 e. The molecule has 0 amide bonds. The normalized spacial score (nSPS) is 16.4. The molecule has 1 saturated heterocycles. The molecule has 4 rings (SSSR count). The van der Waals surface area contributed by atoms with Gasteiger partial charge in [-0.2, -0.15) is 0 Å². The van der Waals surface area contributed by atoms with Crippen LogP contribution < -0.4 is 5.76 Å². The summed E-state index contributed by atoms with van der Waals surface area (Å²) in [5.41, 5.74) is 1.87. The summed E-state index contributed by atoms with van der Waals surface area (Å²) in [6.45, 7) is 2.18. The zero-order valence-electron chi connectivity index (χ0n) is 15.9. The first-order valence-electron chi connectivity index (χ1n) is 9.71. The highest BCUT2D eigenvalue weighted by atomic mass is 32.2. The van der Waals surface area contributed by atoms with Gasteiger partial charge in [-0.25, -0.2) is 17.6 Å². The summed E-state index contributed by atoms with van der Waals surface area (Å²) < 4.78 is 43.3. The Kier molecular flexibility index (Phi) is 5.56. The summed E-state index contributed by atoms with van der Waals surface area (Å²) in [6, 6.07) is 11.1. The summed E-state index contributed by atoms with van der Waals surface area (Å²) in [7, 11) is -3.46. The Balaban J connectivity index is 1.30. The first-order valence-corrected chi connectivity index (χ1v) is 11.4. The summed E-state index contributed by atoms with van der Waals surface area (Å²) >= 11 is 0. The van der Waals surface area contributed by atoms with E-state index < -0.39 is 15.6 Å². The molecule has 0 radical (unpaired) electrons. The lowest BCUT2D eigenvalue weighted by Crippen LogP contribution is -2.37. The highest BCUT2D eigenvalue weighted by Gasteiger charge is 2.22. The average molecular weight is 418 g/mol. The number of hydrogen-bond donors (Lipinski definition) is 1. The number of likely N-dealkylation sites (tertiary alicyclic amines) is 1. The van der Waals surface area contributed by atoms with Crippen LogP contribution in [0.25, 0.3) is 11.1 Å². The third-order valence-electron chi connectivity index (χ3n) is 5.57. The summed E-state index contributed by atoms with van der Waals surface area (Å²) in [5.74, 6) is -0.261. The number of fused-ring (bicyclic) bond motifs is 1. The van der Waals surface area contributed by atoms with Crippen LogP contribution in [-0.4, -0.2) is 43.7 Å². The van der Waals surface area contributed by atoms with Crippen LogP contribution in [-0.2, 0) is 16.3 Å². The third kappa shape index (κ3) is 4.76. The lowest BCUT2D eigenvalue weighted by molar-refractivity contribution is 0.193. The van der Waals surface area contributed by atoms with Crippen molar-refractivity contribution in [1.82, 2.24) is 9.88 Å². The van der Waals surface area contributed by atoms with E-state index in [0.717, 1.165) is 37.9 Å². The van der Waals surface area contributed by atoms with E-state index in [1.807, 2.05) is 12.1 Å². The fourth-order valence-electron chi connectivity index (χ4n) is 3.85. The Morgan fingerprint density at radius 1 is 1.10 bits per heavy atom. The van der Waals surface area contributed by atoms with Crippen molar-refractivity contribution in [2.75, 3.05) is 25.4 Å². The number of benzene rings is 2. The summed E-state index contributed by atoms with van der Waals surface area (Å²) in [4.78, 5) is 16.1. The number of hydrogen-bond acceptors (Lipinski definition) is 5. The molecule has 0 unspecified atom stereocenters. The molecule has 6 nitrogen and oxygen atoms in total. The molecule has 1 aliphatic heterocycles. The van der Waals surface area contributed by atoms with Crippen LogP contribution in [0.15, 0.2) is 56.6 Å². The molecular formula is C21H23FN2O4S. The molecule has 3 aromatic rings. The minimum absolute atomic E-state index is 0.0236. The van der Waals surface area contributed by atoms with Gasteiger partial charge in [0.1, 0.15) is 5.82 Å². The monoisotopic (exact) mass is 418 g/mol. The van der Waals surface area contributed by atoms with Gasteiger partial charge < -0.3 is 9.32 Å². The fourth-order valence-corrected chi connectivity index (χ4v) is 5.15. The standard InChI is InChI=1S/C21H23FN2O4S/c22-17-3-1-15(2-4-17)13-16-7-9-24(10-8-16)11-12-29(26,27)18-5-6-19-20(14-18)28-21(25)23-19/h1-6,14,16H,7-13H2,(H,23,25). The average Bonchev–Trinajstić information content (AvgIpc) is 3.08. The number of rotatable bonds is 6. The Labute approximate surface area is 168 Å². The lowest BCUT2D eigenvalue weighted by atomic mass is 9.90. The van der Waals surface area contributed by atoms with Gasteiger partial charge >= 0.3 is 5.76 Å². The van der Waals surface area contributed by atoms with Gasteiger partial charge in [0, 0.05) is 12.6 Å². The molecule has 2 heterocycles. The molecule has 2 aromatic carbocycles. The molecule has 154 valence electrons. The minimum atomic E-state index is -3.46. The highest BCUT2D eigenvalue weighted by molar-refractivity contribution is 7.91. The molecule has 29 heavy (non-hydrogen) atoms. The number of sulfone groups is 1. The zero-order valence-corrected chi connectivity index (χ0v) is 16.8. The highest BCUT2D eigenvalue weighted by Crippen LogP contribution is 2.23. The summed E-state index contributed by atoms with van der Waals surface area (Å²) in [5, 5.41) is 0. The van der Waals surface area contributed by atoms with E-state index in [0.29, 0.717) is 18.0 Å². The molecule has 0 bridgehead atoms. The SMILES string of the molecule is O=c1[nH]c2ccc(S(=O)(=O)CCN3CCC(Cc4ccc(F)cc4)CC3)cc2o1. The molecule has 8 heteroatoms.